The van der Waals surface area contributed by atoms with Crippen molar-refractivity contribution in [2.45, 2.75) is 11.8 Å². The molecule has 0 bridgehead atoms. The van der Waals surface area contributed by atoms with Crippen molar-refractivity contribution in [1.29, 1.82) is 0 Å². The van der Waals surface area contributed by atoms with Crippen LogP contribution in [0, 0.1) is 18.6 Å². The van der Waals surface area contributed by atoms with Crippen LogP contribution in [-0.2, 0) is 14.8 Å². The molecule has 0 aliphatic carbocycles. The molecular weight excluding hydrogens is 414 g/mol. The molecule has 0 saturated carbocycles. The van der Waals surface area contributed by atoms with E-state index in [1.807, 2.05) is 19.1 Å². The van der Waals surface area contributed by atoms with Crippen LogP contribution in [0.15, 0.2) is 71.6 Å². The van der Waals surface area contributed by atoms with Crippen molar-refractivity contribution < 1.29 is 26.7 Å². The summed E-state index contributed by atoms with van der Waals surface area (Å²) in [6, 6.07) is 15.4. The van der Waals surface area contributed by atoms with E-state index in [0.29, 0.717) is 17.5 Å². The lowest BCUT2D eigenvalue weighted by Crippen LogP contribution is -2.20. The Morgan fingerprint density at radius 3 is 2.30 bits per heavy atom. The number of anilines is 2. The number of ether oxygens (including phenoxy) is 1. The average molecular weight is 432 g/mol. The van der Waals surface area contributed by atoms with Gasteiger partial charge in [0.05, 0.1) is 4.90 Å². The van der Waals surface area contributed by atoms with Gasteiger partial charge < -0.3 is 10.1 Å². The highest BCUT2D eigenvalue weighted by atomic mass is 32.2. The highest BCUT2D eigenvalue weighted by Gasteiger charge is 2.16. The molecule has 1 amide bonds. The molecule has 0 radical (unpaired) electrons. The number of amides is 1. The molecule has 2 N–H and O–H groups in total. The number of benzene rings is 3. The van der Waals surface area contributed by atoms with Crippen molar-refractivity contribution >= 4 is 27.3 Å². The van der Waals surface area contributed by atoms with Gasteiger partial charge in [-0.05, 0) is 67.1 Å². The fourth-order valence-corrected chi connectivity index (χ4v) is 3.60. The molecule has 0 spiro atoms. The Morgan fingerprint density at radius 1 is 0.933 bits per heavy atom. The third kappa shape index (κ3) is 5.54. The smallest absolute Gasteiger partial charge is 0.262 e. The van der Waals surface area contributed by atoms with Crippen LogP contribution in [0.4, 0.5) is 20.2 Å². The van der Waals surface area contributed by atoms with Crippen molar-refractivity contribution in [2.75, 3.05) is 16.6 Å². The van der Waals surface area contributed by atoms with E-state index in [4.69, 9.17) is 4.74 Å². The second-order valence-corrected chi connectivity index (χ2v) is 8.09. The van der Waals surface area contributed by atoms with Crippen molar-refractivity contribution in [1.82, 2.24) is 0 Å². The van der Waals surface area contributed by atoms with Crippen LogP contribution in [0.2, 0.25) is 0 Å². The van der Waals surface area contributed by atoms with E-state index in [9.17, 15) is 22.0 Å². The molecule has 0 heterocycles. The van der Waals surface area contributed by atoms with Gasteiger partial charge >= 0.3 is 0 Å². The Balaban J connectivity index is 1.59. The van der Waals surface area contributed by atoms with Crippen LogP contribution in [-0.4, -0.2) is 20.9 Å². The summed E-state index contributed by atoms with van der Waals surface area (Å²) in [5, 5.41) is 2.63. The molecule has 9 heteroatoms. The van der Waals surface area contributed by atoms with Crippen LogP contribution >= 0.6 is 0 Å². The SMILES string of the molecule is Cc1cccc(OCC(=O)Nc2ccc(NS(=O)(=O)c3ccc(F)c(F)c3)cc2)c1. The minimum absolute atomic E-state index is 0.187. The molecular formula is C21H18F2N2O4S. The van der Waals surface area contributed by atoms with Crippen LogP contribution in [0.25, 0.3) is 0 Å². The van der Waals surface area contributed by atoms with E-state index in [0.717, 1.165) is 17.7 Å². The molecule has 0 atom stereocenters. The maximum absolute atomic E-state index is 13.3. The summed E-state index contributed by atoms with van der Waals surface area (Å²) in [5.41, 5.74) is 1.63. The minimum atomic E-state index is -4.10. The van der Waals surface area contributed by atoms with Crippen molar-refractivity contribution in [3.05, 3.63) is 83.9 Å². The number of halogens is 2. The van der Waals surface area contributed by atoms with Gasteiger partial charge in [-0.2, -0.15) is 0 Å². The Labute approximate surface area is 172 Å². The van der Waals surface area contributed by atoms with Crippen LogP contribution < -0.4 is 14.8 Å². The molecule has 0 aromatic heterocycles. The van der Waals surface area contributed by atoms with Crippen LogP contribution in [0.3, 0.4) is 0 Å². The third-order valence-corrected chi connectivity index (χ3v) is 5.36. The highest BCUT2D eigenvalue weighted by Crippen LogP contribution is 2.20. The van der Waals surface area contributed by atoms with Crippen molar-refractivity contribution in [3.63, 3.8) is 0 Å². The first kappa shape index (κ1) is 21.3. The molecule has 0 fully saturated rings. The summed E-state index contributed by atoms with van der Waals surface area (Å²) in [6.07, 6.45) is 0. The average Bonchev–Trinajstić information content (AvgIpc) is 2.70. The molecule has 6 nitrogen and oxygen atoms in total. The Morgan fingerprint density at radius 2 is 1.63 bits per heavy atom. The van der Waals surface area contributed by atoms with E-state index in [-0.39, 0.29) is 18.2 Å². The Hall–Kier alpha value is -3.46. The van der Waals surface area contributed by atoms with E-state index >= 15 is 0 Å². The number of carbonyl (C=O) groups is 1. The zero-order chi connectivity index (χ0) is 21.7. The van der Waals surface area contributed by atoms with Gasteiger partial charge in [-0.15, -0.1) is 0 Å². The molecule has 3 aromatic carbocycles. The molecule has 0 unspecified atom stereocenters. The lowest BCUT2D eigenvalue weighted by molar-refractivity contribution is -0.118. The number of nitrogens with one attached hydrogen (secondary N) is 2. The van der Waals surface area contributed by atoms with E-state index in [1.54, 1.807) is 12.1 Å². The zero-order valence-electron chi connectivity index (χ0n) is 15.9. The number of hydrogen-bond acceptors (Lipinski definition) is 4. The lowest BCUT2D eigenvalue weighted by atomic mass is 10.2. The van der Waals surface area contributed by atoms with Gasteiger partial charge in [-0.3, -0.25) is 9.52 Å². The van der Waals surface area contributed by atoms with Crippen LogP contribution in [0.1, 0.15) is 5.56 Å². The van der Waals surface area contributed by atoms with E-state index in [2.05, 4.69) is 10.0 Å². The number of carbonyl (C=O) groups excluding carboxylic acids is 1. The minimum Gasteiger partial charge on any atom is -0.484 e. The summed E-state index contributed by atoms with van der Waals surface area (Å²) in [6.45, 7) is 1.73. The lowest BCUT2D eigenvalue weighted by Gasteiger charge is -2.10. The molecule has 3 aromatic rings. The summed E-state index contributed by atoms with van der Waals surface area (Å²) in [5.74, 6) is -2.21. The topological polar surface area (TPSA) is 84.5 Å². The first-order valence-electron chi connectivity index (χ1n) is 8.80. The van der Waals surface area contributed by atoms with Gasteiger partial charge in [0.15, 0.2) is 18.2 Å². The normalized spacial score (nSPS) is 11.0. The summed E-state index contributed by atoms with van der Waals surface area (Å²) in [4.78, 5) is 11.6. The number of aryl methyl sites for hydroxylation is 1. The molecule has 0 aliphatic rings. The molecule has 0 aliphatic heterocycles. The van der Waals surface area contributed by atoms with E-state index < -0.39 is 26.6 Å². The maximum atomic E-state index is 13.3. The Bertz CT molecular complexity index is 1170. The third-order valence-electron chi connectivity index (χ3n) is 3.98. The fourth-order valence-electron chi connectivity index (χ4n) is 2.53. The highest BCUT2D eigenvalue weighted by molar-refractivity contribution is 7.92. The first-order chi connectivity index (χ1) is 14.2. The largest absolute Gasteiger partial charge is 0.484 e. The molecule has 3 rings (SSSR count). The van der Waals surface area contributed by atoms with E-state index in [1.165, 1.54) is 24.3 Å². The van der Waals surface area contributed by atoms with Gasteiger partial charge in [0, 0.05) is 11.4 Å². The van der Waals surface area contributed by atoms with Gasteiger partial charge in [0.25, 0.3) is 15.9 Å². The van der Waals surface area contributed by atoms with Gasteiger partial charge in [0.2, 0.25) is 0 Å². The standard InChI is InChI=1S/C21H18F2N2O4S/c1-14-3-2-4-17(11-14)29-13-21(26)24-15-5-7-16(8-6-15)25-30(27,28)18-9-10-19(22)20(23)12-18/h2-12,25H,13H2,1H3,(H,24,26). The van der Waals surface area contributed by atoms with Gasteiger partial charge in [-0.25, -0.2) is 17.2 Å². The second-order valence-electron chi connectivity index (χ2n) is 6.41. The molecule has 30 heavy (non-hydrogen) atoms. The number of hydrogen-bond donors (Lipinski definition) is 2. The molecule has 0 saturated heterocycles. The fraction of sp³-hybridized carbons (Fsp3) is 0.0952. The van der Waals surface area contributed by atoms with Crippen LogP contribution in [0.5, 0.6) is 5.75 Å². The molecule has 156 valence electrons. The van der Waals surface area contributed by atoms with Gasteiger partial charge in [0.1, 0.15) is 5.75 Å². The first-order valence-corrected chi connectivity index (χ1v) is 10.3. The summed E-state index contributed by atoms with van der Waals surface area (Å²) >= 11 is 0. The predicted octanol–water partition coefficient (Wildman–Crippen LogP) is 4.09. The monoisotopic (exact) mass is 432 g/mol. The summed E-state index contributed by atoms with van der Waals surface area (Å²) in [7, 11) is -4.10. The summed E-state index contributed by atoms with van der Waals surface area (Å²) < 4.78 is 58.5. The van der Waals surface area contributed by atoms with Crippen molar-refractivity contribution in [2.24, 2.45) is 0 Å². The second kappa shape index (κ2) is 8.91. The quantitative estimate of drug-likeness (QED) is 0.589. The van der Waals surface area contributed by atoms with Crippen molar-refractivity contribution in [3.8, 4) is 5.75 Å². The predicted molar refractivity (Wildman–Crippen MR) is 109 cm³/mol. The Kier molecular flexibility index (Phi) is 6.31. The number of rotatable bonds is 7. The maximum Gasteiger partial charge on any atom is 0.262 e. The van der Waals surface area contributed by atoms with Gasteiger partial charge in [-0.1, -0.05) is 12.1 Å². The zero-order valence-corrected chi connectivity index (χ0v) is 16.7. The number of sulfonamides is 1.